The van der Waals surface area contributed by atoms with Crippen molar-refractivity contribution in [3.05, 3.63) is 30.3 Å². The molecule has 0 aliphatic carbocycles. The Bertz CT molecular complexity index is 507. The molecule has 4 nitrogen and oxygen atoms in total. The van der Waals surface area contributed by atoms with Gasteiger partial charge in [-0.2, -0.15) is 0 Å². The zero-order valence-corrected chi connectivity index (χ0v) is 14.3. The highest BCUT2D eigenvalue weighted by molar-refractivity contribution is 6.00. The second-order valence-electron chi connectivity index (χ2n) is 6.27. The van der Waals surface area contributed by atoms with E-state index >= 15 is 0 Å². The molecule has 4 heteroatoms. The number of benzene rings is 1. The van der Waals surface area contributed by atoms with Crippen molar-refractivity contribution < 1.29 is 9.59 Å². The van der Waals surface area contributed by atoms with Crippen LogP contribution < -0.4 is 4.90 Å². The van der Waals surface area contributed by atoms with Crippen LogP contribution in [0.4, 0.5) is 5.69 Å². The van der Waals surface area contributed by atoms with Gasteiger partial charge < -0.3 is 9.80 Å². The highest BCUT2D eigenvalue weighted by Crippen LogP contribution is 2.26. The third-order valence-electron chi connectivity index (χ3n) is 4.42. The molecule has 1 atom stereocenters. The van der Waals surface area contributed by atoms with Crippen LogP contribution in [0.3, 0.4) is 0 Å². The van der Waals surface area contributed by atoms with Gasteiger partial charge in [0.2, 0.25) is 11.8 Å². The minimum Gasteiger partial charge on any atom is -0.342 e. The number of rotatable bonds is 8. The van der Waals surface area contributed by atoms with Crippen LogP contribution in [0.25, 0.3) is 0 Å². The van der Waals surface area contributed by atoms with Crippen molar-refractivity contribution in [2.45, 2.75) is 46.0 Å². The van der Waals surface area contributed by atoms with Gasteiger partial charge in [-0.05, 0) is 25.0 Å². The Kier molecular flexibility index (Phi) is 6.63. The van der Waals surface area contributed by atoms with Crippen molar-refractivity contribution >= 4 is 17.5 Å². The molecule has 0 bridgehead atoms. The van der Waals surface area contributed by atoms with Crippen molar-refractivity contribution in [2.24, 2.45) is 5.92 Å². The molecular weight excluding hydrogens is 288 g/mol. The summed E-state index contributed by atoms with van der Waals surface area (Å²) in [6.07, 6.45) is 4.55. The van der Waals surface area contributed by atoms with Crippen LogP contribution in [0.15, 0.2) is 30.3 Å². The Morgan fingerprint density at radius 3 is 2.30 bits per heavy atom. The van der Waals surface area contributed by atoms with E-state index < -0.39 is 0 Å². The molecule has 1 unspecified atom stereocenters. The quantitative estimate of drug-likeness (QED) is 0.737. The number of carbonyl (C=O) groups excluding carboxylic acids is 2. The molecule has 2 rings (SSSR count). The molecule has 1 aromatic rings. The van der Waals surface area contributed by atoms with Crippen LogP contribution in [-0.2, 0) is 9.59 Å². The molecule has 126 valence electrons. The fourth-order valence-electron chi connectivity index (χ4n) is 3.02. The predicted octanol–water partition coefficient (Wildman–Crippen LogP) is 3.47. The van der Waals surface area contributed by atoms with E-state index in [1.165, 1.54) is 0 Å². The maximum absolute atomic E-state index is 12.8. The Morgan fingerprint density at radius 2 is 1.74 bits per heavy atom. The Labute approximate surface area is 139 Å². The molecule has 1 aliphatic heterocycles. The number of hydrogen-bond acceptors (Lipinski definition) is 2. The molecule has 0 saturated carbocycles. The first-order valence-corrected chi connectivity index (χ1v) is 8.81. The molecular formula is C19H28N2O2. The van der Waals surface area contributed by atoms with Crippen molar-refractivity contribution in [1.29, 1.82) is 0 Å². The van der Waals surface area contributed by atoms with Crippen LogP contribution in [0, 0.1) is 5.92 Å². The van der Waals surface area contributed by atoms with E-state index in [4.69, 9.17) is 0 Å². The summed E-state index contributed by atoms with van der Waals surface area (Å²) in [6.45, 7) is 6.41. The number of unbranched alkanes of at least 4 members (excludes halogenated alkanes) is 2. The van der Waals surface area contributed by atoms with E-state index in [0.717, 1.165) is 44.5 Å². The SMILES string of the molecule is CCCCN(CCCC)C(=O)C1CC(=O)N(c2ccccc2)C1. The van der Waals surface area contributed by atoms with E-state index in [-0.39, 0.29) is 17.7 Å². The lowest BCUT2D eigenvalue weighted by Gasteiger charge is -2.25. The van der Waals surface area contributed by atoms with Crippen LogP contribution in [0.2, 0.25) is 0 Å². The first-order valence-electron chi connectivity index (χ1n) is 8.81. The summed E-state index contributed by atoms with van der Waals surface area (Å²) in [5, 5.41) is 0. The van der Waals surface area contributed by atoms with Gasteiger partial charge in [-0.1, -0.05) is 44.9 Å². The van der Waals surface area contributed by atoms with Gasteiger partial charge in [0.05, 0.1) is 5.92 Å². The lowest BCUT2D eigenvalue weighted by Crippen LogP contribution is -2.38. The van der Waals surface area contributed by atoms with Gasteiger partial charge in [-0.25, -0.2) is 0 Å². The van der Waals surface area contributed by atoms with Crippen molar-refractivity contribution in [3.63, 3.8) is 0 Å². The number of para-hydroxylation sites is 1. The van der Waals surface area contributed by atoms with E-state index in [2.05, 4.69) is 13.8 Å². The van der Waals surface area contributed by atoms with Gasteiger partial charge in [0, 0.05) is 31.7 Å². The first-order chi connectivity index (χ1) is 11.2. The smallest absolute Gasteiger partial charge is 0.228 e. The van der Waals surface area contributed by atoms with Gasteiger partial charge >= 0.3 is 0 Å². The molecule has 1 fully saturated rings. The Balaban J connectivity index is 2.02. The largest absolute Gasteiger partial charge is 0.342 e. The molecule has 0 spiro atoms. The molecule has 1 saturated heterocycles. The molecule has 1 aromatic carbocycles. The van der Waals surface area contributed by atoms with E-state index in [0.29, 0.717) is 13.0 Å². The first kappa shape index (κ1) is 17.5. The summed E-state index contributed by atoms with van der Waals surface area (Å²) in [7, 11) is 0. The zero-order valence-electron chi connectivity index (χ0n) is 14.3. The number of anilines is 1. The maximum Gasteiger partial charge on any atom is 0.228 e. The molecule has 0 radical (unpaired) electrons. The third-order valence-corrected chi connectivity index (χ3v) is 4.42. The second kappa shape index (κ2) is 8.70. The Morgan fingerprint density at radius 1 is 1.13 bits per heavy atom. The molecule has 2 amide bonds. The normalized spacial score (nSPS) is 17.6. The van der Waals surface area contributed by atoms with Crippen molar-refractivity contribution in [3.8, 4) is 0 Å². The number of carbonyl (C=O) groups is 2. The average Bonchev–Trinajstić information content (AvgIpc) is 2.97. The van der Waals surface area contributed by atoms with Crippen LogP contribution in [0.5, 0.6) is 0 Å². The van der Waals surface area contributed by atoms with Gasteiger partial charge in [0.25, 0.3) is 0 Å². The van der Waals surface area contributed by atoms with E-state index in [1.54, 1.807) is 4.90 Å². The Hall–Kier alpha value is -1.84. The fourth-order valence-corrected chi connectivity index (χ4v) is 3.02. The van der Waals surface area contributed by atoms with Crippen LogP contribution >= 0.6 is 0 Å². The van der Waals surface area contributed by atoms with Gasteiger partial charge in [0.15, 0.2) is 0 Å². The van der Waals surface area contributed by atoms with Crippen LogP contribution in [-0.4, -0.2) is 36.3 Å². The number of nitrogens with zero attached hydrogens (tertiary/aromatic N) is 2. The minimum absolute atomic E-state index is 0.0560. The summed E-state index contributed by atoms with van der Waals surface area (Å²) >= 11 is 0. The lowest BCUT2D eigenvalue weighted by molar-refractivity contribution is -0.136. The topological polar surface area (TPSA) is 40.6 Å². The fraction of sp³-hybridized carbons (Fsp3) is 0.579. The van der Waals surface area contributed by atoms with Gasteiger partial charge in [-0.15, -0.1) is 0 Å². The van der Waals surface area contributed by atoms with Crippen LogP contribution in [0.1, 0.15) is 46.0 Å². The summed E-state index contributed by atoms with van der Waals surface area (Å²) in [4.78, 5) is 28.8. The summed E-state index contributed by atoms with van der Waals surface area (Å²) in [5.41, 5.74) is 0.890. The second-order valence-corrected chi connectivity index (χ2v) is 6.27. The summed E-state index contributed by atoms with van der Waals surface area (Å²) in [6, 6.07) is 9.64. The van der Waals surface area contributed by atoms with Gasteiger partial charge in [-0.3, -0.25) is 9.59 Å². The molecule has 1 aliphatic rings. The van der Waals surface area contributed by atoms with Gasteiger partial charge in [0.1, 0.15) is 0 Å². The number of amides is 2. The van der Waals surface area contributed by atoms with E-state index in [1.807, 2.05) is 35.2 Å². The lowest BCUT2D eigenvalue weighted by atomic mass is 10.1. The molecule has 23 heavy (non-hydrogen) atoms. The zero-order chi connectivity index (χ0) is 16.7. The summed E-state index contributed by atoms with van der Waals surface area (Å²) < 4.78 is 0. The molecule has 0 N–H and O–H groups in total. The standard InChI is InChI=1S/C19H28N2O2/c1-3-5-12-20(13-6-4-2)19(23)16-14-18(22)21(15-16)17-10-8-7-9-11-17/h7-11,16H,3-6,12-15H2,1-2H3. The maximum atomic E-state index is 12.8. The minimum atomic E-state index is -0.198. The summed E-state index contributed by atoms with van der Waals surface area (Å²) in [5.74, 6) is 0.00980. The molecule has 1 heterocycles. The predicted molar refractivity (Wildman–Crippen MR) is 93.3 cm³/mol. The van der Waals surface area contributed by atoms with Crippen molar-refractivity contribution in [1.82, 2.24) is 4.90 Å². The monoisotopic (exact) mass is 316 g/mol. The van der Waals surface area contributed by atoms with Crippen molar-refractivity contribution in [2.75, 3.05) is 24.5 Å². The molecule has 0 aromatic heterocycles. The average molecular weight is 316 g/mol. The number of hydrogen-bond donors (Lipinski definition) is 0. The highest BCUT2D eigenvalue weighted by atomic mass is 16.2. The van der Waals surface area contributed by atoms with E-state index in [9.17, 15) is 9.59 Å². The highest BCUT2D eigenvalue weighted by Gasteiger charge is 2.36. The third kappa shape index (κ3) is 4.57.